The average molecular weight is 292 g/mol. The minimum Gasteiger partial charge on any atom is -0.460 e. The van der Waals surface area contributed by atoms with Crippen molar-refractivity contribution in [3.8, 4) is 0 Å². The highest BCUT2D eigenvalue weighted by molar-refractivity contribution is 8.06. The van der Waals surface area contributed by atoms with Crippen LogP contribution in [-0.2, 0) is 19.4 Å². The van der Waals surface area contributed by atoms with Crippen LogP contribution in [0.25, 0.3) is 0 Å². The van der Waals surface area contributed by atoms with Crippen molar-refractivity contribution >= 4 is 28.4 Å². The number of hydrogen-bond donors (Lipinski definition) is 1. The molecule has 0 fully saturated rings. The van der Waals surface area contributed by atoms with E-state index in [1.165, 1.54) is 6.92 Å². The summed E-state index contributed by atoms with van der Waals surface area (Å²) in [5.74, 6) is -0.984. The molecule has 17 heavy (non-hydrogen) atoms. The van der Waals surface area contributed by atoms with Gasteiger partial charge >= 0.3 is 11.5 Å². The monoisotopic (exact) mass is 292 g/mol. The zero-order valence-corrected chi connectivity index (χ0v) is 10.7. The van der Waals surface area contributed by atoms with E-state index in [-0.39, 0.29) is 5.57 Å². The fourth-order valence-electron chi connectivity index (χ4n) is 0.650. The SMILES string of the molecule is C=C(C)C(=O)OCC(C)(S)S(=O)(=O)C(F)(F)F. The smallest absolute Gasteiger partial charge is 0.460 e. The Morgan fingerprint density at radius 3 is 2.12 bits per heavy atom. The molecule has 0 radical (unpaired) electrons. The third-order valence-electron chi connectivity index (χ3n) is 1.70. The summed E-state index contributed by atoms with van der Waals surface area (Å²) in [6.07, 6.45) is 0. The molecule has 0 aliphatic carbocycles. The van der Waals surface area contributed by atoms with Gasteiger partial charge in [-0.15, -0.1) is 0 Å². The van der Waals surface area contributed by atoms with Gasteiger partial charge in [0.2, 0.25) is 0 Å². The molecule has 100 valence electrons. The molecule has 0 amide bonds. The van der Waals surface area contributed by atoms with Crippen LogP contribution in [0, 0.1) is 0 Å². The number of carbonyl (C=O) groups is 1. The van der Waals surface area contributed by atoms with Crippen molar-refractivity contribution in [2.24, 2.45) is 0 Å². The zero-order chi connectivity index (χ0) is 14.1. The van der Waals surface area contributed by atoms with Gasteiger partial charge in [-0.2, -0.15) is 25.8 Å². The van der Waals surface area contributed by atoms with Gasteiger partial charge in [-0.3, -0.25) is 0 Å². The van der Waals surface area contributed by atoms with E-state index in [2.05, 4.69) is 23.9 Å². The molecular weight excluding hydrogens is 281 g/mol. The molecule has 4 nitrogen and oxygen atoms in total. The Labute approximate surface area is 102 Å². The molecule has 9 heteroatoms. The summed E-state index contributed by atoms with van der Waals surface area (Å²) >= 11 is 3.39. The maximum absolute atomic E-state index is 12.2. The van der Waals surface area contributed by atoms with E-state index < -0.39 is 32.0 Å². The zero-order valence-electron chi connectivity index (χ0n) is 9.04. The molecule has 0 aliphatic rings. The van der Waals surface area contributed by atoms with Crippen molar-refractivity contribution in [2.45, 2.75) is 23.4 Å². The van der Waals surface area contributed by atoms with Gasteiger partial charge in [0.25, 0.3) is 9.84 Å². The van der Waals surface area contributed by atoms with Crippen molar-refractivity contribution in [1.29, 1.82) is 0 Å². The molecule has 0 N–H and O–H groups in total. The predicted octanol–water partition coefficient (Wildman–Crippen LogP) is 1.69. The molecular formula is C8H11F3O4S2. The predicted molar refractivity (Wildman–Crippen MR) is 58.1 cm³/mol. The van der Waals surface area contributed by atoms with Gasteiger partial charge in [0.05, 0.1) is 0 Å². The lowest BCUT2D eigenvalue weighted by Crippen LogP contribution is -2.43. The topological polar surface area (TPSA) is 60.4 Å². The van der Waals surface area contributed by atoms with Crippen molar-refractivity contribution in [3.05, 3.63) is 12.2 Å². The number of halogens is 3. The maximum atomic E-state index is 12.2. The average Bonchev–Trinajstić information content (AvgIpc) is 2.11. The Morgan fingerprint density at radius 1 is 1.41 bits per heavy atom. The summed E-state index contributed by atoms with van der Waals surface area (Å²) in [6, 6.07) is 0. The Hall–Kier alpha value is -0.700. The first-order valence-corrected chi connectivity index (χ1v) is 6.12. The number of rotatable bonds is 4. The minimum atomic E-state index is -5.54. The second kappa shape index (κ2) is 4.89. The van der Waals surface area contributed by atoms with Gasteiger partial charge in [0, 0.05) is 5.57 Å². The molecule has 0 saturated carbocycles. The standard InChI is InChI=1S/C8H11F3O4S2/c1-5(2)6(12)15-4-7(3,16)17(13,14)8(9,10)11/h16H,1,4H2,2-3H3. The van der Waals surface area contributed by atoms with Crippen LogP contribution in [0.4, 0.5) is 13.2 Å². The van der Waals surface area contributed by atoms with Gasteiger partial charge in [0.15, 0.2) is 4.08 Å². The van der Waals surface area contributed by atoms with Crippen LogP contribution < -0.4 is 0 Å². The Kier molecular flexibility index (Phi) is 4.69. The van der Waals surface area contributed by atoms with Crippen molar-refractivity contribution in [3.63, 3.8) is 0 Å². The Balaban J connectivity index is 4.94. The van der Waals surface area contributed by atoms with Crippen molar-refractivity contribution in [2.75, 3.05) is 6.61 Å². The van der Waals surface area contributed by atoms with E-state index in [1.807, 2.05) is 0 Å². The van der Waals surface area contributed by atoms with Gasteiger partial charge in [-0.25, -0.2) is 13.2 Å². The third-order valence-corrected chi connectivity index (χ3v) is 4.44. The fourth-order valence-corrected chi connectivity index (χ4v) is 1.74. The van der Waals surface area contributed by atoms with E-state index in [0.717, 1.165) is 0 Å². The molecule has 0 bridgehead atoms. The van der Waals surface area contributed by atoms with Gasteiger partial charge in [-0.05, 0) is 13.8 Å². The molecule has 0 spiro atoms. The third kappa shape index (κ3) is 3.63. The van der Waals surface area contributed by atoms with Gasteiger partial charge in [0.1, 0.15) is 6.61 Å². The summed E-state index contributed by atoms with van der Waals surface area (Å²) < 4.78 is 60.5. The molecule has 0 aromatic carbocycles. The first-order valence-electron chi connectivity index (χ1n) is 4.19. The Morgan fingerprint density at radius 2 is 1.82 bits per heavy atom. The number of hydrogen-bond acceptors (Lipinski definition) is 5. The van der Waals surface area contributed by atoms with Crippen molar-refractivity contribution in [1.82, 2.24) is 0 Å². The van der Waals surface area contributed by atoms with E-state index in [4.69, 9.17) is 0 Å². The van der Waals surface area contributed by atoms with Crippen LogP contribution in [0.3, 0.4) is 0 Å². The summed E-state index contributed by atoms with van der Waals surface area (Å²) in [5.41, 5.74) is -5.52. The highest BCUT2D eigenvalue weighted by Gasteiger charge is 2.56. The molecule has 0 aromatic rings. The van der Waals surface area contributed by atoms with Gasteiger partial charge in [-0.1, -0.05) is 6.58 Å². The molecule has 0 rings (SSSR count). The lowest BCUT2D eigenvalue weighted by atomic mass is 10.4. The first-order chi connectivity index (χ1) is 7.33. The number of ether oxygens (including phenoxy) is 1. The molecule has 0 aromatic heterocycles. The van der Waals surface area contributed by atoms with E-state index >= 15 is 0 Å². The first kappa shape index (κ1) is 16.3. The van der Waals surface area contributed by atoms with Crippen LogP contribution in [0.15, 0.2) is 12.2 Å². The number of carbonyl (C=O) groups excluding carboxylic acids is 1. The van der Waals surface area contributed by atoms with Crippen LogP contribution in [0.5, 0.6) is 0 Å². The minimum absolute atomic E-state index is 0.0569. The molecule has 0 saturated heterocycles. The molecule has 0 heterocycles. The molecule has 1 atom stereocenters. The van der Waals surface area contributed by atoms with Gasteiger partial charge < -0.3 is 4.74 Å². The maximum Gasteiger partial charge on any atom is 0.498 e. The lowest BCUT2D eigenvalue weighted by molar-refractivity contribution is -0.139. The Bertz CT molecular complexity index is 423. The molecule has 1 unspecified atom stereocenters. The highest BCUT2D eigenvalue weighted by atomic mass is 32.2. The summed E-state index contributed by atoms with van der Waals surface area (Å²) in [7, 11) is -5.54. The van der Waals surface area contributed by atoms with E-state index in [9.17, 15) is 26.4 Å². The quantitative estimate of drug-likeness (QED) is 0.486. The van der Waals surface area contributed by atoms with E-state index in [0.29, 0.717) is 6.92 Å². The largest absolute Gasteiger partial charge is 0.498 e. The van der Waals surface area contributed by atoms with Crippen LogP contribution in [0.2, 0.25) is 0 Å². The van der Waals surface area contributed by atoms with Crippen LogP contribution in [-0.4, -0.2) is 30.6 Å². The number of sulfone groups is 1. The van der Waals surface area contributed by atoms with Crippen molar-refractivity contribution < 1.29 is 31.1 Å². The lowest BCUT2D eigenvalue weighted by Gasteiger charge is -2.24. The second-order valence-corrected chi connectivity index (χ2v) is 7.14. The number of esters is 1. The summed E-state index contributed by atoms with van der Waals surface area (Å²) in [4.78, 5) is 10.9. The van der Waals surface area contributed by atoms with Crippen LogP contribution in [0.1, 0.15) is 13.8 Å². The molecule has 0 aliphatic heterocycles. The number of thiol groups is 1. The second-order valence-electron chi connectivity index (χ2n) is 3.48. The fraction of sp³-hybridized carbons (Fsp3) is 0.625. The summed E-state index contributed by atoms with van der Waals surface area (Å²) in [6.45, 7) is 4.14. The highest BCUT2D eigenvalue weighted by Crippen LogP contribution is 2.36. The number of alkyl halides is 3. The van der Waals surface area contributed by atoms with Crippen LogP contribution >= 0.6 is 12.6 Å². The summed E-state index contributed by atoms with van der Waals surface area (Å²) in [5, 5.41) is 0. The van der Waals surface area contributed by atoms with E-state index in [1.54, 1.807) is 0 Å². The normalized spacial score (nSPS) is 16.1.